The van der Waals surface area contributed by atoms with E-state index in [0.717, 1.165) is 16.8 Å². The molecule has 0 aliphatic carbocycles. The molecule has 2 atom stereocenters. The Morgan fingerprint density at radius 2 is 1.75 bits per heavy atom. The standard InChI is InChI=1S/C26H23Cl2N3O/c1-18(20-5-3-2-4-6-20)26(32)30-13-14-31(24-12-7-19(16-29)15-23(24)28)25(17-30)21-8-10-22(27)11-9-21/h2-12,15,18,25H,13-14,17H2,1H3. The van der Waals surface area contributed by atoms with Crippen molar-refractivity contribution in [3.63, 3.8) is 0 Å². The van der Waals surface area contributed by atoms with Gasteiger partial charge in [0.1, 0.15) is 0 Å². The molecule has 0 radical (unpaired) electrons. The van der Waals surface area contributed by atoms with Crippen LogP contribution in [0.25, 0.3) is 0 Å². The first kappa shape index (κ1) is 22.2. The Kier molecular flexibility index (Phi) is 6.69. The van der Waals surface area contributed by atoms with Crippen LogP contribution in [0.4, 0.5) is 5.69 Å². The first-order chi connectivity index (χ1) is 15.5. The van der Waals surface area contributed by atoms with Gasteiger partial charge in [0.05, 0.1) is 34.3 Å². The number of rotatable bonds is 4. The molecule has 3 aromatic rings. The molecule has 1 saturated heterocycles. The van der Waals surface area contributed by atoms with Gasteiger partial charge < -0.3 is 9.80 Å². The van der Waals surface area contributed by atoms with Gasteiger partial charge >= 0.3 is 0 Å². The molecule has 0 saturated carbocycles. The van der Waals surface area contributed by atoms with Gasteiger partial charge in [-0.2, -0.15) is 5.26 Å². The summed E-state index contributed by atoms with van der Waals surface area (Å²) in [4.78, 5) is 17.5. The number of amides is 1. The molecule has 162 valence electrons. The number of anilines is 1. The van der Waals surface area contributed by atoms with Crippen LogP contribution in [0.2, 0.25) is 10.0 Å². The Balaban J connectivity index is 1.64. The molecule has 4 nitrogen and oxygen atoms in total. The number of carbonyl (C=O) groups excluding carboxylic acids is 1. The van der Waals surface area contributed by atoms with Crippen LogP contribution in [-0.2, 0) is 4.79 Å². The molecular formula is C26H23Cl2N3O. The zero-order valence-electron chi connectivity index (χ0n) is 17.7. The average molecular weight is 464 g/mol. The highest BCUT2D eigenvalue weighted by Crippen LogP contribution is 2.36. The third kappa shape index (κ3) is 4.60. The van der Waals surface area contributed by atoms with E-state index >= 15 is 0 Å². The maximum Gasteiger partial charge on any atom is 0.229 e. The maximum absolute atomic E-state index is 13.3. The predicted molar refractivity (Wildman–Crippen MR) is 129 cm³/mol. The SMILES string of the molecule is CC(C(=O)N1CCN(c2ccc(C#N)cc2Cl)C(c2ccc(Cl)cc2)C1)c1ccccc1. The summed E-state index contributed by atoms with van der Waals surface area (Å²) in [5.41, 5.74) is 3.44. The van der Waals surface area contributed by atoms with Crippen LogP contribution in [0, 0.1) is 11.3 Å². The molecule has 1 aliphatic heterocycles. The van der Waals surface area contributed by atoms with E-state index in [1.165, 1.54) is 0 Å². The third-order valence-corrected chi connectivity index (χ3v) is 6.56. The van der Waals surface area contributed by atoms with Crippen LogP contribution in [0.1, 0.15) is 35.6 Å². The Morgan fingerprint density at radius 1 is 1.03 bits per heavy atom. The summed E-state index contributed by atoms with van der Waals surface area (Å²) in [6.45, 7) is 3.72. The minimum atomic E-state index is -0.216. The van der Waals surface area contributed by atoms with Gasteiger partial charge in [-0.25, -0.2) is 0 Å². The lowest BCUT2D eigenvalue weighted by molar-refractivity contribution is -0.133. The highest BCUT2D eigenvalue weighted by atomic mass is 35.5. The topological polar surface area (TPSA) is 47.3 Å². The molecule has 2 unspecified atom stereocenters. The molecule has 0 aromatic heterocycles. The number of nitrogens with zero attached hydrogens (tertiary/aromatic N) is 3. The Labute approximate surface area is 198 Å². The number of carbonyl (C=O) groups is 1. The van der Waals surface area contributed by atoms with E-state index < -0.39 is 0 Å². The number of hydrogen-bond donors (Lipinski definition) is 0. The second-order valence-corrected chi connectivity index (χ2v) is 8.80. The summed E-state index contributed by atoms with van der Waals surface area (Å²) in [6, 6.07) is 25.0. The molecule has 0 bridgehead atoms. The molecule has 4 rings (SSSR count). The normalized spacial score (nSPS) is 17.0. The second kappa shape index (κ2) is 9.65. The van der Waals surface area contributed by atoms with E-state index in [0.29, 0.717) is 35.2 Å². The molecule has 0 spiro atoms. The van der Waals surface area contributed by atoms with Gasteiger partial charge in [0, 0.05) is 24.7 Å². The van der Waals surface area contributed by atoms with Crippen molar-refractivity contribution < 1.29 is 4.79 Å². The number of piperazine rings is 1. The lowest BCUT2D eigenvalue weighted by atomic mass is 9.97. The van der Waals surface area contributed by atoms with Crippen molar-refractivity contribution in [1.82, 2.24) is 4.90 Å². The zero-order valence-corrected chi connectivity index (χ0v) is 19.2. The lowest BCUT2D eigenvalue weighted by Gasteiger charge is -2.44. The van der Waals surface area contributed by atoms with Crippen LogP contribution in [0.3, 0.4) is 0 Å². The van der Waals surface area contributed by atoms with Crippen LogP contribution >= 0.6 is 23.2 Å². The third-order valence-electron chi connectivity index (χ3n) is 6.00. The lowest BCUT2D eigenvalue weighted by Crippen LogP contribution is -2.51. The van der Waals surface area contributed by atoms with Crippen molar-refractivity contribution in [1.29, 1.82) is 5.26 Å². The maximum atomic E-state index is 13.3. The minimum absolute atomic E-state index is 0.0848. The second-order valence-electron chi connectivity index (χ2n) is 7.96. The monoisotopic (exact) mass is 463 g/mol. The molecule has 1 aliphatic rings. The van der Waals surface area contributed by atoms with Crippen LogP contribution in [0.5, 0.6) is 0 Å². The Hall–Kier alpha value is -3.00. The van der Waals surface area contributed by atoms with Gasteiger partial charge in [-0.15, -0.1) is 0 Å². The fraction of sp³-hybridized carbons (Fsp3) is 0.231. The smallest absolute Gasteiger partial charge is 0.229 e. The predicted octanol–water partition coefficient (Wildman–Crippen LogP) is 6.06. The number of nitriles is 1. The first-order valence-electron chi connectivity index (χ1n) is 10.5. The highest BCUT2D eigenvalue weighted by molar-refractivity contribution is 6.33. The quantitative estimate of drug-likeness (QED) is 0.472. The van der Waals surface area contributed by atoms with E-state index in [1.54, 1.807) is 12.1 Å². The van der Waals surface area contributed by atoms with Gasteiger partial charge in [0.15, 0.2) is 0 Å². The summed E-state index contributed by atoms with van der Waals surface area (Å²) >= 11 is 12.7. The molecule has 3 aromatic carbocycles. The van der Waals surface area contributed by atoms with Crippen molar-refractivity contribution in [2.24, 2.45) is 0 Å². The molecule has 1 fully saturated rings. The van der Waals surface area contributed by atoms with Gasteiger partial charge in [0.2, 0.25) is 5.91 Å². The largest absolute Gasteiger partial charge is 0.360 e. The van der Waals surface area contributed by atoms with Crippen molar-refractivity contribution in [3.05, 3.63) is 99.5 Å². The van der Waals surface area contributed by atoms with Crippen LogP contribution in [0.15, 0.2) is 72.8 Å². The fourth-order valence-electron chi connectivity index (χ4n) is 4.21. The van der Waals surface area contributed by atoms with E-state index in [2.05, 4.69) is 11.0 Å². The van der Waals surface area contributed by atoms with E-state index in [9.17, 15) is 10.1 Å². The molecule has 1 heterocycles. The molecule has 1 amide bonds. The van der Waals surface area contributed by atoms with Crippen molar-refractivity contribution in [2.75, 3.05) is 24.5 Å². The number of hydrogen-bond acceptors (Lipinski definition) is 3. The highest BCUT2D eigenvalue weighted by Gasteiger charge is 2.33. The van der Waals surface area contributed by atoms with Crippen molar-refractivity contribution >= 4 is 34.8 Å². The summed E-state index contributed by atoms with van der Waals surface area (Å²) in [5, 5.41) is 10.4. The summed E-state index contributed by atoms with van der Waals surface area (Å²) in [5.74, 6) is -0.104. The number of benzene rings is 3. The van der Waals surface area contributed by atoms with Crippen molar-refractivity contribution in [3.8, 4) is 6.07 Å². The Morgan fingerprint density at radius 3 is 2.41 bits per heavy atom. The minimum Gasteiger partial charge on any atom is -0.360 e. The summed E-state index contributed by atoms with van der Waals surface area (Å²) in [7, 11) is 0. The molecular weight excluding hydrogens is 441 g/mol. The van der Waals surface area contributed by atoms with Gasteiger partial charge in [-0.05, 0) is 48.4 Å². The van der Waals surface area contributed by atoms with E-state index in [1.807, 2.05) is 72.5 Å². The molecule has 6 heteroatoms. The van der Waals surface area contributed by atoms with Gasteiger partial charge in [0.25, 0.3) is 0 Å². The average Bonchev–Trinajstić information content (AvgIpc) is 2.84. The Bertz CT molecular complexity index is 1140. The molecule has 32 heavy (non-hydrogen) atoms. The van der Waals surface area contributed by atoms with Crippen molar-refractivity contribution in [2.45, 2.75) is 18.9 Å². The summed E-state index contributed by atoms with van der Waals surface area (Å²) in [6.07, 6.45) is 0. The zero-order chi connectivity index (χ0) is 22.7. The van der Waals surface area contributed by atoms with Gasteiger partial charge in [-0.1, -0.05) is 65.7 Å². The van der Waals surface area contributed by atoms with Crippen LogP contribution < -0.4 is 4.90 Å². The van der Waals surface area contributed by atoms with Gasteiger partial charge in [-0.3, -0.25) is 4.79 Å². The number of halogens is 2. The summed E-state index contributed by atoms with van der Waals surface area (Å²) < 4.78 is 0. The van der Waals surface area contributed by atoms with E-state index in [4.69, 9.17) is 23.2 Å². The van der Waals surface area contributed by atoms with Crippen LogP contribution in [-0.4, -0.2) is 30.4 Å². The van der Waals surface area contributed by atoms with E-state index in [-0.39, 0.29) is 17.9 Å². The first-order valence-corrected chi connectivity index (χ1v) is 11.3. The fourth-order valence-corrected chi connectivity index (χ4v) is 4.62. The molecule has 0 N–H and O–H groups in total.